The largest absolute Gasteiger partial charge is 0.472 e. The summed E-state index contributed by atoms with van der Waals surface area (Å²) in [7, 11) is 0. The molecule has 0 spiro atoms. The van der Waals surface area contributed by atoms with Crippen molar-refractivity contribution in [3.05, 3.63) is 35.9 Å². The lowest BCUT2D eigenvalue weighted by Crippen LogP contribution is -2.17. The zero-order chi connectivity index (χ0) is 16.0. The number of carbonyl (C=O) groups is 1. The first-order valence-electron chi connectivity index (χ1n) is 5.96. The lowest BCUT2D eigenvalue weighted by atomic mass is 10.2. The van der Waals surface area contributed by atoms with E-state index in [-0.39, 0.29) is 10.3 Å². The van der Waals surface area contributed by atoms with Crippen LogP contribution in [0.5, 0.6) is 0 Å². The van der Waals surface area contributed by atoms with Gasteiger partial charge in [-0.2, -0.15) is 0 Å². The molecule has 0 atom stereocenters. The lowest BCUT2D eigenvalue weighted by Gasteiger charge is -1.99. The third-order valence-electron chi connectivity index (χ3n) is 1.49. The molecule has 4 N–H and O–H groups in total. The van der Waals surface area contributed by atoms with Crippen LogP contribution in [0.4, 0.5) is 0 Å². The maximum atomic E-state index is 11.1. The van der Waals surface area contributed by atoms with Crippen molar-refractivity contribution in [2.75, 3.05) is 6.61 Å². The molecule has 0 saturated carbocycles. The summed E-state index contributed by atoms with van der Waals surface area (Å²) in [4.78, 5) is 11.1. The van der Waals surface area contributed by atoms with Gasteiger partial charge in [0.05, 0.1) is 12.2 Å². The number of rotatable bonds is 2. The second-order valence-electron chi connectivity index (χ2n) is 2.83. The molecule has 0 unspecified atom stereocenters. The van der Waals surface area contributed by atoms with Crippen molar-refractivity contribution in [3.8, 4) is 0 Å². The number of ether oxygens (including phenoxy) is 2. The first-order valence-corrected chi connectivity index (χ1v) is 6.78. The van der Waals surface area contributed by atoms with Gasteiger partial charge in [-0.25, -0.2) is 4.79 Å². The zero-order valence-corrected chi connectivity index (χ0v) is 13.4. The van der Waals surface area contributed by atoms with Gasteiger partial charge in [-0.05, 0) is 43.5 Å². The van der Waals surface area contributed by atoms with Crippen molar-refractivity contribution < 1.29 is 14.3 Å². The summed E-state index contributed by atoms with van der Waals surface area (Å²) >= 11 is 8.76. The number of hydrogen-bond donors (Lipinski definition) is 2. The van der Waals surface area contributed by atoms with Gasteiger partial charge in [-0.1, -0.05) is 32.0 Å². The minimum absolute atomic E-state index is 0.123. The predicted octanol–water partition coefficient (Wildman–Crippen LogP) is 2.38. The van der Waals surface area contributed by atoms with E-state index in [9.17, 15) is 4.79 Å². The minimum atomic E-state index is -0.525. The molecule has 7 heteroatoms. The molecule has 1 aromatic carbocycles. The smallest absolute Gasteiger partial charge is 0.345 e. The van der Waals surface area contributed by atoms with Gasteiger partial charge in [0.15, 0.2) is 0 Å². The van der Waals surface area contributed by atoms with Crippen LogP contribution in [0, 0.1) is 0 Å². The van der Waals surface area contributed by atoms with Gasteiger partial charge >= 0.3 is 5.97 Å². The van der Waals surface area contributed by atoms with Gasteiger partial charge in [-0.3, -0.25) is 0 Å². The molecule has 0 aromatic heterocycles. The lowest BCUT2D eigenvalue weighted by molar-refractivity contribution is 0.0720. The molecule has 0 amide bonds. The van der Waals surface area contributed by atoms with Crippen molar-refractivity contribution >= 4 is 40.8 Å². The Morgan fingerprint density at radius 1 is 1.10 bits per heavy atom. The summed E-state index contributed by atoms with van der Waals surface area (Å²) in [5.74, 6) is -0.525. The van der Waals surface area contributed by atoms with Crippen LogP contribution < -0.4 is 11.5 Å². The average Bonchev–Trinajstić information content (AvgIpc) is 2.42. The summed E-state index contributed by atoms with van der Waals surface area (Å²) in [6, 6.07) is 8.52. The summed E-state index contributed by atoms with van der Waals surface area (Å²) in [6.07, 6.45) is 0. The molecule has 5 nitrogen and oxygen atoms in total. The standard InChI is InChI=1S/C8H7NO2S.C3H7NOS.C2H6/c9-8(12)11-7(10)6-4-2-1-3-5-6;1-2-5-3(4)6;1-2/h1-5H,(H2,9,12);2H2,1H3,(H2,4,6);1-2H3. The van der Waals surface area contributed by atoms with Gasteiger partial charge in [0.1, 0.15) is 0 Å². The van der Waals surface area contributed by atoms with E-state index in [1.807, 2.05) is 20.8 Å². The fraction of sp³-hybridized carbons (Fsp3) is 0.308. The fourth-order valence-corrected chi connectivity index (χ4v) is 1.06. The highest BCUT2D eigenvalue weighted by Gasteiger charge is 2.06. The van der Waals surface area contributed by atoms with Crippen molar-refractivity contribution in [3.63, 3.8) is 0 Å². The fourth-order valence-electron chi connectivity index (χ4n) is 0.867. The molecule has 0 saturated heterocycles. The molecular formula is C13H20N2O3S2. The van der Waals surface area contributed by atoms with E-state index in [2.05, 4.69) is 33.9 Å². The molecular weight excluding hydrogens is 296 g/mol. The quantitative estimate of drug-likeness (QED) is 0.639. The van der Waals surface area contributed by atoms with E-state index < -0.39 is 5.97 Å². The van der Waals surface area contributed by atoms with E-state index in [0.717, 1.165) is 0 Å². The minimum Gasteiger partial charge on any atom is -0.472 e. The van der Waals surface area contributed by atoms with Crippen molar-refractivity contribution in [1.29, 1.82) is 0 Å². The van der Waals surface area contributed by atoms with Gasteiger partial charge in [0, 0.05) is 0 Å². The molecule has 0 aliphatic carbocycles. The Kier molecular flexibility index (Phi) is 14.1. The SMILES string of the molecule is CC.CCOC(N)=S.NC(=S)OC(=O)c1ccccc1. The predicted molar refractivity (Wildman–Crippen MR) is 88.4 cm³/mol. The Hall–Kier alpha value is -1.73. The Balaban J connectivity index is 0. The molecule has 112 valence electrons. The van der Waals surface area contributed by atoms with Crippen molar-refractivity contribution in [1.82, 2.24) is 0 Å². The van der Waals surface area contributed by atoms with E-state index in [1.165, 1.54) is 0 Å². The molecule has 0 bridgehead atoms. The van der Waals surface area contributed by atoms with E-state index >= 15 is 0 Å². The summed E-state index contributed by atoms with van der Waals surface area (Å²) < 4.78 is 9.06. The molecule has 0 radical (unpaired) electrons. The Bertz CT molecular complexity index is 411. The van der Waals surface area contributed by atoms with E-state index in [1.54, 1.807) is 30.3 Å². The molecule has 0 aliphatic heterocycles. The molecule has 1 rings (SSSR count). The third-order valence-corrected chi connectivity index (χ3v) is 1.69. The van der Waals surface area contributed by atoms with Crippen molar-refractivity contribution in [2.24, 2.45) is 11.5 Å². The van der Waals surface area contributed by atoms with Gasteiger partial charge in [-0.15, -0.1) is 0 Å². The van der Waals surface area contributed by atoms with Crippen LogP contribution in [0.1, 0.15) is 31.1 Å². The highest BCUT2D eigenvalue weighted by atomic mass is 32.1. The maximum Gasteiger partial charge on any atom is 0.345 e. The number of thiocarbonyl (C=S) groups is 2. The Morgan fingerprint density at radius 3 is 1.90 bits per heavy atom. The number of benzene rings is 1. The second-order valence-corrected chi connectivity index (χ2v) is 3.63. The maximum absolute atomic E-state index is 11.1. The molecule has 20 heavy (non-hydrogen) atoms. The normalized spacial score (nSPS) is 7.95. The number of carbonyl (C=O) groups excluding carboxylic acids is 1. The summed E-state index contributed by atoms with van der Waals surface area (Å²) in [5.41, 5.74) is 10.4. The van der Waals surface area contributed by atoms with Crippen LogP contribution in [0.25, 0.3) is 0 Å². The number of esters is 1. The molecule has 0 fully saturated rings. The highest BCUT2D eigenvalue weighted by molar-refractivity contribution is 7.80. The van der Waals surface area contributed by atoms with Gasteiger partial charge < -0.3 is 20.9 Å². The van der Waals surface area contributed by atoms with Crippen molar-refractivity contribution in [2.45, 2.75) is 20.8 Å². The molecule has 1 aromatic rings. The van der Waals surface area contributed by atoms with E-state index in [0.29, 0.717) is 12.2 Å². The Labute approximate surface area is 130 Å². The molecule has 0 heterocycles. The van der Waals surface area contributed by atoms with Crippen LogP contribution in [-0.2, 0) is 9.47 Å². The number of hydrogen-bond acceptors (Lipinski definition) is 5. The summed E-state index contributed by atoms with van der Waals surface area (Å²) in [5, 5.41) is -0.138. The highest BCUT2D eigenvalue weighted by Crippen LogP contribution is 2.00. The first-order chi connectivity index (χ1) is 9.47. The van der Waals surface area contributed by atoms with Crippen LogP contribution in [0.3, 0.4) is 0 Å². The first kappa shape index (κ1) is 20.6. The van der Waals surface area contributed by atoms with Crippen LogP contribution >= 0.6 is 24.4 Å². The second kappa shape index (κ2) is 13.7. The van der Waals surface area contributed by atoms with Crippen LogP contribution in [0.15, 0.2) is 30.3 Å². The van der Waals surface area contributed by atoms with Crippen LogP contribution in [-0.4, -0.2) is 22.9 Å². The summed E-state index contributed by atoms with van der Waals surface area (Å²) in [6.45, 7) is 6.40. The van der Waals surface area contributed by atoms with Gasteiger partial charge in [0.2, 0.25) is 0 Å². The monoisotopic (exact) mass is 316 g/mol. The average molecular weight is 316 g/mol. The Morgan fingerprint density at radius 2 is 1.60 bits per heavy atom. The zero-order valence-electron chi connectivity index (χ0n) is 11.8. The van der Waals surface area contributed by atoms with Crippen LogP contribution in [0.2, 0.25) is 0 Å². The van der Waals surface area contributed by atoms with Gasteiger partial charge in [0.25, 0.3) is 10.3 Å². The number of nitrogens with two attached hydrogens (primary N) is 2. The molecule has 0 aliphatic rings. The topological polar surface area (TPSA) is 87.6 Å². The van der Waals surface area contributed by atoms with E-state index in [4.69, 9.17) is 11.5 Å². The third kappa shape index (κ3) is 12.7.